The first-order valence-corrected chi connectivity index (χ1v) is 6.31. The molecule has 4 heteroatoms. The van der Waals surface area contributed by atoms with Crippen molar-refractivity contribution in [2.24, 2.45) is 5.92 Å². The molecule has 0 spiro atoms. The van der Waals surface area contributed by atoms with Crippen molar-refractivity contribution >= 4 is 11.3 Å². The number of thiazole rings is 1. The summed E-state index contributed by atoms with van der Waals surface area (Å²) in [4.78, 5) is 4.53. The van der Waals surface area contributed by atoms with Gasteiger partial charge < -0.3 is 10.1 Å². The van der Waals surface area contributed by atoms with Gasteiger partial charge in [-0.05, 0) is 25.8 Å². The lowest BCUT2D eigenvalue weighted by Crippen LogP contribution is -2.21. The van der Waals surface area contributed by atoms with E-state index in [9.17, 15) is 0 Å². The fraction of sp³-hybridized carbons (Fsp3) is 0.727. The van der Waals surface area contributed by atoms with Gasteiger partial charge >= 0.3 is 0 Å². The number of nitrogens with one attached hydrogen (secondary N) is 1. The van der Waals surface area contributed by atoms with Crippen LogP contribution in [0.1, 0.15) is 23.0 Å². The van der Waals surface area contributed by atoms with E-state index < -0.39 is 0 Å². The molecule has 2 atom stereocenters. The maximum atomic E-state index is 4.99. The molecule has 0 aromatic carbocycles. The highest BCUT2D eigenvalue weighted by Crippen LogP contribution is 2.46. The number of rotatable bonds is 6. The minimum Gasteiger partial charge on any atom is -0.383 e. The maximum absolute atomic E-state index is 4.99. The Morgan fingerprint density at radius 3 is 3.20 bits per heavy atom. The second-order valence-electron chi connectivity index (χ2n) is 4.09. The lowest BCUT2D eigenvalue weighted by molar-refractivity contribution is 0.199. The largest absolute Gasteiger partial charge is 0.383 e. The lowest BCUT2D eigenvalue weighted by Gasteiger charge is -2.02. The number of hydrogen-bond acceptors (Lipinski definition) is 4. The summed E-state index contributed by atoms with van der Waals surface area (Å²) in [5.74, 6) is 1.51. The van der Waals surface area contributed by atoms with Gasteiger partial charge in [0.25, 0.3) is 0 Å². The first kappa shape index (κ1) is 11.0. The summed E-state index contributed by atoms with van der Waals surface area (Å²) in [5.41, 5.74) is 1.30. The normalized spacial score (nSPS) is 24.4. The van der Waals surface area contributed by atoms with E-state index in [1.165, 1.54) is 17.1 Å². The summed E-state index contributed by atoms with van der Waals surface area (Å²) in [6.07, 6.45) is 1.29. The molecule has 0 radical (unpaired) electrons. The second kappa shape index (κ2) is 5.05. The van der Waals surface area contributed by atoms with Gasteiger partial charge in [0.15, 0.2) is 0 Å². The molecule has 0 aliphatic heterocycles. The number of aromatic nitrogens is 1. The lowest BCUT2D eigenvalue weighted by atomic mass is 10.2. The number of nitrogens with zero attached hydrogens (tertiary/aromatic N) is 1. The van der Waals surface area contributed by atoms with Gasteiger partial charge in [0.05, 0.1) is 17.3 Å². The van der Waals surface area contributed by atoms with E-state index in [2.05, 4.69) is 22.6 Å². The zero-order valence-electron chi connectivity index (χ0n) is 9.32. The van der Waals surface area contributed by atoms with E-state index in [1.54, 1.807) is 18.4 Å². The highest BCUT2D eigenvalue weighted by atomic mass is 32.1. The van der Waals surface area contributed by atoms with Gasteiger partial charge in [-0.15, -0.1) is 11.3 Å². The molecule has 2 rings (SSSR count). The Morgan fingerprint density at radius 2 is 2.53 bits per heavy atom. The Balaban J connectivity index is 1.68. The first-order chi connectivity index (χ1) is 7.31. The SMILES string of the molecule is COCCNCC1CC1c1csc(C)n1. The van der Waals surface area contributed by atoms with E-state index in [0.29, 0.717) is 5.92 Å². The molecule has 1 aliphatic rings. The molecule has 0 amide bonds. The summed E-state index contributed by atoms with van der Waals surface area (Å²) < 4.78 is 4.99. The third-order valence-electron chi connectivity index (χ3n) is 2.83. The fourth-order valence-corrected chi connectivity index (χ4v) is 2.52. The van der Waals surface area contributed by atoms with Crippen LogP contribution < -0.4 is 5.32 Å². The van der Waals surface area contributed by atoms with Crippen molar-refractivity contribution < 1.29 is 4.74 Å². The Labute approximate surface area is 94.9 Å². The zero-order valence-corrected chi connectivity index (χ0v) is 10.1. The van der Waals surface area contributed by atoms with Crippen molar-refractivity contribution in [2.45, 2.75) is 19.3 Å². The molecule has 2 unspecified atom stereocenters. The van der Waals surface area contributed by atoms with Crippen molar-refractivity contribution in [1.29, 1.82) is 0 Å². The molecule has 1 fully saturated rings. The van der Waals surface area contributed by atoms with Crippen LogP contribution in [0.4, 0.5) is 0 Å². The van der Waals surface area contributed by atoms with Crippen LogP contribution in [0.25, 0.3) is 0 Å². The van der Waals surface area contributed by atoms with Crippen LogP contribution in [-0.2, 0) is 4.74 Å². The van der Waals surface area contributed by atoms with Crippen molar-refractivity contribution in [1.82, 2.24) is 10.3 Å². The van der Waals surface area contributed by atoms with Crippen molar-refractivity contribution in [2.75, 3.05) is 26.8 Å². The Morgan fingerprint density at radius 1 is 1.67 bits per heavy atom. The number of hydrogen-bond donors (Lipinski definition) is 1. The van der Waals surface area contributed by atoms with Crippen molar-refractivity contribution in [3.63, 3.8) is 0 Å². The smallest absolute Gasteiger partial charge is 0.0897 e. The van der Waals surface area contributed by atoms with E-state index in [1.807, 2.05) is 0 Å². The Kier molecular flexibility index (Phi) is 3.72. The molecular formula is C11H18N2OS. The predicted molar refractivity (Wildman–Crippen MR) is 62.4 cm³/mol. The van der Waals surface area contributed by atoms with E-state index in [0.717, 1.165) is 25.6 Å². The highest BCUT2D eigenvalue weighted by molar-refractivity contribution is 7.09. The van der Waals surface area contributed by atoms with Gasteiger partial charge in [-0.25, -0.2) is 4.98 Å². The van der Waals surface area contributed by atoms with Crippen LogP contribution in [0.3, 0.4) is 0 Å². The van der Waals surface area contributed by atoms with Gasteiger partial charge in [-0.3, -0.25) is 0 Å². The Hall–Kier alpha value is -0.450. The monoisotopic (exact) mass is 226 g/mol. The van der Waals surface area contributed by atoms with Gasteiger partial charge in [0.1, 0.15) is 0 Å². The number of ether oxygens (including phenoxy) is 1. The summed E-state index contributed by atoms with van der Waals surface area (Å²) in [5, 5.41) is 6.79. The third kappa shape index (κ3) is 3.00. The fourth-order valence-electron chi connectivity index (χ4n) is 1.85. The van der Waals surface area contributed by atoms with Crippen molar-refractivity contribution in [3.05, 3.63) is 16.1 Å². The van der Waals surface area contributed by atoms with Gasteiger partial charge in [-0.1, -0.05) is 0 Å². The maximum Gasteiger partial charge on any atom is 0.0897 e. The summed E-state index contributed by atoms with van der Waals surface area (Å²) in [7, 11) is 1.74. The topological polar surface area (TPSA) is 34.1 Å². The van der Waals surface area contributed by atoms with Gasteiger partial charge in [0.2, 0.25) is 0 Å². The van der Waals surface area contributed by atoms with Gasteiger partial charge in [-0.2, -0.15) is 0 Å². The van der Waals surface area contributed by atoms with Crippen LogP contribution in [0, 0.1) is 12.8 Å². The van der Waals surface area contributed by atoms with Crippen LogP contribution >= 0.6 is 11.3 Å². The minimum absolute atomic E-state index is 0.713. The van der Waals surface area contributed by atoms with Crippen LogP contribution in [0.5, 0.6) is 0 Å². The molecule has 0 saturated heterocycles. The number of aryl methyl sites for hydroxylation is 1. The number of methoxy groups -OCH3 is 1. The molecule has 1 aromatic rings. The Bertz CT molecular complexity index is 313. The van der Waals surface area contributed by atoms with Crippen LogP contribution in [0.2, 0.25) is 0 Å². The molecule has 1 saturated carbocycles. The summed E-state index contributed by atoms with van der Waals surface area (Å²) >= 11 is 1.76. The predicted octanol–water partition coefficient (Wildman–Crippen LogP) is 1.79. The van der Waals surface area contributed by atoms with E-state index >= 15 is 0 Å². The first-order valence-electron chi connectivity index (χ1n) is 5.43. The van der Waals surface area contributed by atoms with Gasteiger partial charge in [0, 0.05) is 25.0 Å². The summed E-state index contributed by atoms with van der Waals surface area (Å²) in [6, 6.07) is 0. The highest BCUT2D eigenvalue weighted by Gasteiger charge is 2.39. The van der Waals surface area contributed by atoms with Crippen molar-refractivity contribution in [3.8, 4) is 0 Å². The van der Waals surface area contributed by atoms with E-state index in [4.69, 9.17) is 4.74 Å². The molecule has 1 aromatic heterocycles. The molecule has 1 heterocycles. The molecule has 3 nitrogen and oxygen atoms in total. The molecule has 1 N–H and O–H groups in total. The van der Waals surface area contributed by atoms with Crippen LogP contribution in [0.15, 0.2) is 5.38 Å². The minimum atomic E-state index is 0.713. The molecule has 15 heavy (non-hydrogen) atoms. The molecule has 1 aliphatic carbocycles. The average Bonchev–Trinajstić information content (AvgIpc) is 2.88. The second-order valence-corrected chi connectivity index (χ2v) is 5.15. The third-order valence-corrected chi connectivity index (χ3v) is 3.62. The quantitative estimate of drug-likeness (QED) is 0.751. The van der Waals surface area contributed by atoms with E-state index in [-0.39, 0.29) is 0 Å². The average molecular weight is 226 g/mol. The summed E-state index contributed by atoms with van der Waals surface area (Å²) in [6.45, 7) is 4.93. The van der Waals surface area contributed by atoms with Crippen LogP contribution in [-0.4, -0.2) is 31.8 Å². The standard InChI is InChI=1S/C11H18N2OS/c1-8-13-11(7-15-8)10-5-9(10)6-12-3-4-14-2/h7,9-10,12H,3-6H2,1-2H3. The molecule has 0 bridgehead atoms. The zero-order chi connectivity index (χ0) is 10.7. The molecular weight excluding hydrogens is 208 g/mol. The molecule has 84 valence electrons.